The second-order valence-electron chi connectivity index (χ2n) is 3.50. The Bertz CT molecular complexity index is 302. The molecule has 0 aromatic carbocycles. The van der Waals surface area contributed by atoms with Crippen molar-refractivity contribution in [3.8, 4) is 5.88 Å². The minimum absolute atomic E-state index is 0.508. The van der Waals surface area contributed by atoms with Crippen LogP contribution in [0.3, 0.4) is 0 Å². The average Bonchev–Trinajstić information content (AvgIpc) is 2.14. The lowest BCUT2D eigenvalue weighted by Gasteiger charge is -2.08. The van der Waals surface area contributed by atoms with Crippen molar-refractivity contribution >= 4 is 15.9 Å². The Kier molecular flexibility index (Phi) is 4.32. The molecular formula is C10H15BrN2O. The van der Waals surface area contributed by atoms with Gasteiger partial charge in [0.05, 0.1) is 6.61 Å². The maximum atomic E-state index is 5.51. The van der Waals surface area contributed by atoms with Gasteiger partial charge < -0.3 is 4.74 Å². The Balaban J connectivity index is 2.71. The van der Waals surface area contributed by atoms with Gasteiger partial charge in [0.1, 0.15) is 10.4 Å². The lowest BCUT2D eigenvalue weighted by Crippen LogP contribution is -2.07. The summed E-state index contributed by atoms with van der Waals surface area (Å²) in [6.07, 6.45) is 0.817. The summed E-state index contributed by atoms with van der Waals surface area (Å²) in [6.45, 7) is 6.93. The SMILES string of the molecule is CCc1nc(Br)cc(OCC(C)C)n1. The third-order valence-corrected chi connectivity index (χ3v) is 2.00. The van der Waals surface area contributed by atoms with Gasteiger partial charge in [0.2, 0.25) is 5.88 Å². The Labute approximate surface area is 93.0 Å². The highest BCUT2D eigenvalue weighted by molar-refractivity contribution is 9.10. The summed E-state index contributed by atoms with van der Waals surface area (Å²) in [5.74, 6) is 1.96. The zero-order valence-corrected chi connectivity index (χ0v) is 10.3. The van der Waals surface area contributed by atoms with Crippen LogP contribution in [0.5, 0.6) is 5.88 Å². The Morgan fingerprint density at radius 3 is 2.71 bits per heavy atom. The highest BCUT2D eigenvalue weighted by Crippen LogP contribution is 2.15. The molecule has 14 heavy (non-hydrogen) atoms. The van der Waals surface area contributed by atoms with E-state index in [0.29, 0.717) is 18.4 Å². The molecule has 4 heteroatoms. The summed E-state index contributed by atoms with van der Waals surface area (Å²) >= 11 is 3.33. The Hall–Kier alpha value is -0.640. The van der Waals surface area contributed by atoms with E-state index >= 15 is 0 Å². The van der Waals surface area contributed by atoms with Gasteiger partial charge in [-0.3, -0.25) is 0 Å². The van der Waals surface area contributed by atoms with Crippen molar-refractivity contribution in [2.45, 2.75) is 27.2 Å². The zero-order valence-electron chi connectivity index (χ0n) is 8.75. The average molecular weight is 259 g/mol. The Morgan fingerprint density at radius 2 is 2.14 bits per heavy atom. The van der Waals surface area contributed by atoms with Gasteiger partial charge in [-0.15, -0.1) is 0 Å². The quantitative estimate of drug-likeness (QED) is 0.780. The lowest BCUT2D eigenvalue weighted by molar-refractivity contribution is 0.260. The van der Waals surface area contributed by atoms with E-state index in [1.165, 1.54) is 0 Å². The molecule has 78 valence electrons. The van der Waals surface area contributed by atoms with Crippen LogP contribution < -0.4 is 4.74 Å². The van der Waals surface area contributed by atoms with Gasteiger partial charge in [-0.05, 0) is 21.8 Å². The monoisotopic (exact) mass is 258 g/mol. The molecule has 0 unspecified atom stereocenters. The highest BCUT2D eigenvalue weighted by Gasteiger charge is 2.03. The van der Waals surface area contributed by atoms with E-state index in [-0.39, 0.29) is 0 Å². The van der Waals surface area contributed by atoms with Crippen LogP contribution >= 0.6 is 15.9 Å². The fraction of sp³-hybridized carbons (Fsp3) is 0.600. The molecule has 3 nitrogen and oxygen atoms in total. The normalized spacial score (nSPS) is 10.6. The third kappa shape index (κ3) is 3.62. The fourth-order valence-electron chi connectivity index (χ4n) is 0.926. The fourth-order valence-corrected chi connectivity index (χ4v) is 1.33. The zero-order chi connectivity index (χ0) is 10.6. The van der Waals surface area contributed by atoms with Crippen LogP contribution in [-0.4, -0.2) is 16.6 Å². The van der Waals surface area contributed by atoms with Gasteiger partial charge >= 0.3 is 0 Å². The molecule has 0 spiro atoms. The van der Waals surface area contributed by atoms with Gasteiger partial charge in [-0.2, -0.15) is 4.98 Å². The van der Waals surface area contributed by atoms with Crippen LogP contribution in [0.25, 0.3) is 0 Å². The maximum absolute atomic E-state index is 5.51. The van der Waals surface area contributed by atoms with Gasteiger partial charge in [0.15, 0.2) is 0 Å². The van der Waals surface area contributed by atoms with Gasteiger partial charge in [-0.25, -0.2) is 4.98 Å². The molecule has 0 aliphatic carbocycles. The molecule has 1 aromatic heterocycles. The van der Waals surface area contributed by atoms with Crippen molar-refractivity contribution in [3.63, 3.8) is 0 Å². The molecular weight excluding hydrogens is 244 g/mol. The van der Waals surface area contributed by atoms with Crippen molar-refractivity contribution in [2.24, 2.45) is 5.92 Å². The summed E-state index contributed by atoms with van der Waals surface area (Å²) < 4.78 is 6.29. The lowest BCUT2D eigenvalue weighted by atomic mass is 10.2. The number of hydrogen-bond donors (Lipinski definition) is 0. The molecule has 1 aromatic rings. The van der Waals surface area contributed by atoms with Crippen LogP contribution in [-0.2, 0) is 6.42 Å². The van der Waals surface area contributed by atoms with E-state index in [9.17, 15) is 0 Å². The third-order valence-electron chi connectivity index (χ3n) is 1.60. The Morgan fingerprint density at radius 1 is 1.43 bits per heavy atom. The standard InChI is InChI=1S/C10H15BrN2O/c1-4-9-12-8(11)5-10(13-9)14-6-7(2)3/h5,7H,4,6H2,1-3H3. The minimum Gasteiger partial charge on any atom is -0.477 e. The molecule has 0 saturated heterocycles. The molecule has 0 N–H and O–H groups in total. The molecule has 0 bridgehead atoms. The summed E-state index contributed by atoms with van der Waals surface area (Å²) in [5, 5.41) is 0. The van der Waals surface area contributed by atoms with Gasteiger partial charge in [-0.1, -0.05) is 20.8 Å². The second kappa shape index (κ2) is 5.29. The number of aryl methyl sites for hydroxylation is 1. The molecule has 1 rings (SSSR count). The number of nitrogens with zero attached hydrogens (tertiary/aromatic N) is 2. The topological polar surface area (TPSA) is 35.0 Å². The predicted octanol–water partition coefficient (Wildman–Crippen LogP) is 2.84. The van der Waals surface area contributed by atoms with E-state index in [4.69, 9.17) is 4.74 Å². The van der Waals surface area contributed by atoms with E-state index < -0.39 is 0 Å². The molecule has 0 amide bonds. The maximum Gasteiger partial charge on any atom is 0.217 e. The number of ether oxygens (including phenoxy) is 1. The smallest absolute Gasteiger partial charge is 0.217 e. The number of aromatic nitrogens is 2. The van der Waals surface area contributed by atoms with Crippen molar-refractivity contribution in [1.82, 2.24) is 9.97 Å². The number of rotatable bonds is 4. The van der Waals surface area contributed by atoms with Crippen molar-refractivity contribution in [3.05, 3.63) is 16.5 Å². The molecule has 0 atom stereocenters. The number of hydrogen-bond acceptors (Lipinski definition) is 3. The van der Waals surface area contributed by atoms with Gasteiger partial charge in [0, 0.05) is 12.5 Å². The molecule has 0 saturated carbocycles. The van der Waals surface area contributed by atoms with Gasteiger partial charge in [0.25, 0.3) is 0 Å². The van der Waals surface area contributed by atoms with Crippen LogP contribution in [0.4, 0.5) is 0 Å². The first kappa shape index (κ1) is 11.4. The summed E-state index contributed by atoms with van der Waals surface area (Å²) in [4.78, 5) is 8.47. The summed E-state index contributed by atoms with van der Waals surface area (Å²) in [7, 11) is 0. The van der Waals surface area contributed by atoms with E-state index in [1.807, 2.05) is 6.92 Å². The molecule has 0 fully saturated rings. The van der Waals surface area contributed by atoms with E-state index in [0.717, 1.165) is 16.8 Å². The minimum atomic E-state index is 0.508. The first-order valence-electron chi connectivity index (χ1n) is 4.78. The van der Waals surface area contributed by atoms with Crippen molar-refractivity contribution in [1.29, 1.82) is 0 Å². The molecule has 0 radical (unpaired) electrons. The number of halogens is 1. The highest BCUT2D eigenvalue weighted by atomic mass is 79.9. The summed E-state index contributed by atoms with van der Waals surface area (Å²) in [6, 6.07) is 1.79. The predicted molar refractivity (Wildman–Crippen MR) is 59.4 cm³/mol. The first-order chi connectivity index (χ1) is 6.61. The molecule has 0 aliphatic heterocycles. The van der Waals surface area contributed by atoms with Crippen LogP contribution in [0.15, 0.2) is 10.7 Å². The van der Waals surface area contributed by atoms with E-state index in [1.54, 1.807) is 6.07 Å². The first-order valence-corrected chi connectivity index (χ1v) is 5.57. The van der Waals surface area contributed by atoms with Crippen LogP contribution in [0.2, 0.25) is 0 Å². The molecule has 0 aliphatic rings. The summed E-state index contributed by atoms with van der Waals surface area (Å²) in [5.41, 5.74) is 0. The van der Waals surface area contributed by atoms with Crippen molar-refractivity contribution < 1.29 is 4.74 Å². The second-order valence-corrected chi connectivity index (χ2v) is 4.32. The van der Waals surface area contributed by atoms with Crippen LogP contribution in [0, 0.1) is 5.92 Å². The van der Waals surface area contributed by atoms with E-state index in [2.05, 4.69) is 39.7 Å². The van der Waals surface area contributed by atoms with Crippen molar-refractivity contribution in [2.75, 3.05) is 6.61 Å². The molecule has 1 heterocycles. The largest absolute Gasteiger partial charge is 0.477 e. The van der Waals surface area contributed by atoms with Crippen LogP contribution in [0.1, 0.15) is 26.6 Å².